The molecule has 0 saturated carbocycles. The highest BCUT2D eigenvalue weighted by Crippen LogP contribution is 2.48. The molecule has 3 rings (SSSR count). The summed E-state index contributed by atoms with van der Waals surface area (Å²) in [4.78, 5) is 0. The maximum atomic E-state index is 14.2. The van der Waals surface area contributed by atoms with Gasteiger partial charge in [-0.2, -0.15) is 13.2 Å². The van der Waals surface area contributed by atoms with E-state index < -0.39 is 23.8 Å². The number of hydrogen-bond donors (Lipinski definition) is 0. The van der Waals surface area contributed by atoms with E-state index in [1.54, 1.807) is 54.6 Å². The molecule has 1 nitrogen and oxygen atoms in total. The summed E-state index contributed by atoms with van der Waals surface area (Å²) in [5, 5.41) is 0.655. The number of halogens is 5. The average molecular weight is 467 g/mol. The zero-order valence-electron chi connectivity index (χ0n) is 15.4. The molecule has 0 radical (unpaired) electrons. The number of alkyl halides is 4. The van der Waals surface area contributed by atoms with Crippen molar-refractivity contribution < 1.29 is 22.3 Å². The van der Waals surface area contributed by atoms with Crippen molar-refractivity contribution in [2.75, 3.05) is 11.9 Å². The second-order valence-corrected chi connectivity index (χ2v) is 7.36. The van der Waals surface area contributed by atoms with Crippen LogP contribution >= 0.6 is 15.9 Å². The Kier molecular flexibility index (Phi) is 6.96. The van der Waals surface area contributed by atoms with E-state index in [9.17, 15) is 17.6 Å². The molecule has 0 aromatic heterocycles. The van der Waals surface area contributed by atoms with Crippen molar-refractivity contribution in [3.8, 4) is 5.75 Å². The molecule has 29 heavy (non-hydrogen) atoms. The average Bonchev–Trinajstić information content (AvgIpc) is 2.72. The third kappa shape index (κ3) is 5.38. The lowest BCUT2D eigenvalue weighted by atomic mass is 9.76. The van der Waals surface area contributed by atoms with Crippen LogP contribution < -0.4 is 4.74 Å². The second-order valence-electron chi connectivity index (χ2n) is 6.57. The molecule has 0 bridgehead atoms. The lowest BCUT2D eigenvalue weighted by molar-refractivity contribution is -0.153. The van der Waals surface area contributed by atoms with Crippen LogP contribution in [-0.2, 0) is 0 Å². The van der Waals surface area contributed by atoms with E-state index in [4.69, 9.17) is 4.74 Å². The van der Waals surface area contributed by atoms with Crippen molar-refractivity contribution in [1.29, 1.82) is 0 Å². The van der Waals surface area contributed by atoms with Gasteiger partial charge in [-0.25, -0.2) is 4.39 Å². The zero-order chi connectivity index (χ0) is 20.9. The van der Waals surface area contributed by atoms with Crippen LogP contribution in [0.1, 0.15) is 28.5 Å². The van der Waals surface area contributed by atoms with Crippen LogP contribution in [0.5, 0.6) is 5.75 Å². The first kappa shape index (κ1) is 21.4. The fourth-order valence-corrected chi connectivity index (χ4v) is 3.57. The molecule has 0 aliphatic carbocycles. The molecule has 0 heterocycles. The minimum Gasteiger partial charge on any atom is -0.493 e. The molecule has 0 aliphatic heterocycles. The van der Waals surface area contributed by atoms with Crippen LogP contribution in [0.15, 0.2) is 78.9 Å². The lowest BCUT2D eigenvalue weighted by Crippen LogP contribution is -2.28. The first-order valence-corrected chi connectivity index (χ1v) is 10.2. The summed E-state index contributed by atoms with van der Waals surface area (Å²) >= 11 is 3.27. The standard InChI is InChI=1S/C23H19BrF4O/c24-14-15-29-20-12-8-17(9-13-20)21(16-4-2-1-3-5-16)22(23(26,27)28)18-6-10-19(25)11-7-18/h1-13,21-22H,14-15H2. The Morgan fingerprint density at radius 3 is 1.86 bits per heavy atom. The smallest absolute Gasteiger partial charge is 0.396 e. The van der Waals surface area contributed by atoms with Gasteiger partial charge in [-0.05, 0) is 41.0 Å². The van der Waals surface area contributed by atoms with Crippen LogP contribution in [0.3, 0.4) is 0 Å². The van der Waals surface area contributed by atoms with Gasteiger partial charge in [-0.1, -0.05) is 70.5 Å². The van der Waals surface area contributed by atoms with Crippen molar-refractivity contribution in [1.82, 2.24) is 0 Å². The minimum atomic E-state index is -4.52. The van der Waals surface area contributed by atoms with Crippen LogP contribution in [0, 0.1) is 5.82 Å². The largest absolute Gasteiger partial charge is 0.493 e. The quantitative estimate of drug-likeness (QED) is 0.267. The van der Waals surface area contributed by atoms with Gasteiger partial charge in [-0.3, -0.25) is 0 Å². The fourth-order valence-electron chi connectivity index (χ4n) is 3.41. The Balaban J connectivity index is 2.09. The first-order chi connectivity index (χ1) is 13.9. The maximum absolute atomic E-state index is 14.2. The maximum Gasteiger partial charge on any atom is 0.396 e. The fraction of sp³-hybridized carbons (Fsp3) is 0.217. The molecule has 152 valence electrons. The molecule has 3 aromatic carbocycles. The van der Waals surface area contributed by atoms with E-state index in [0.717, 1.165) is 12.1 Å². The van der Waals surface area contributed by atoms with Gasteiger partial charge in [-0.15, -0.1) is 0 Å². The first-order valence-electron chi connectivity index (χ1n) is 9.06. The van der Waals surface area contributed by atoms with Gasteiger partial charge in [0.2, 0.25) is 0 Å². The van der Waals surface area contributed by atoms with Gasteiger partial charge in [0.15, 0.2) is 0 Å². The van der Waals surface area contributed by atoms with E-state index in [1.807, 2.05) is 0 Å². The summed E-state index contributed by atoms with van der Waals surface area (Å²) in [6.45, 7) is 0.461. The van der Waals surface area contributed by atoms with Gasteiger partial charge in [0.25, 0.3) is 0 Å². The SMILES string of the molecule is Fc1ccc(C(C(c2ccccc2)c2ccc(OCCBr)cc2)C(F)(F)F)cc1. The molecule has 2 atom stereocenters. The highest BCUT2D eigenvalue weighted by molar-refractivity contribution is 9.09. The number of ether oxygens (including phenoxy) is 1. The Morgan fingerprint density at radius 2 is 1.31 bits per heavy atom. The van der Waals surface area contributed by atoms with Gasteiger partial charge in [0, 0.05) is 11.2 Å². The topological polar surface area (TPSA) is 9.23 Å². The van der Waals surface area contributed by atoms with Crippen LogP contribution in [-0.4, -0.2) is 18.1 Å². The summed E-state index contributed by atoms with van der Waals surface area (Å²) in [7, 11) is 0. The molecule has 0 fully saturated rings. The van der Waals surface area contributed by atoms with Gasteiger partial charge in [0.1, 0.15) is 11.6 Å². The molecule has 0 amide bonds. The number of benzene rings is 3. The molecule has 0 spiro atoms. The van der Waals surface area contributed by atoms with E-state index in [-0.39, 0.29) is 5.56 Å². The van der Waals surface area contributed by atoms with Crippen LogP contribution in [0.25, 0.3) is 0 Å². The van der Waals surface area contributed by atoms with Crippen LogP contribution in [0.4, 0.5) is 17.6 Å². The van der Waals surface area contributed by atoms with Crippen molar-refractivity contribution in [2.24, 2.45) is 0 Å². The summed E-state index contributed by atoms with van der Waals surface area (Å²) in [5.74, 6) is -2.78. The molecule has 2 unspecified atom stereocenters. The predicted molar refractivity (Wildman–Crippen MR) is 109 cm³/mol. The summed E-state index contributed by atoms with van der Waals surface area (Å²) in [5.41, 5.74) is 1.06. The summed E-state index contributed by atoms with van der Waals surface area (Å²) < 4.78 is 61.6. The third-order valence-corrected chi connectivity index (χ3v) is 4.98. The predicted octanol–water partition coefficient (Wildman–Crippen LogP) is 7.08. The highest BCUT2D eigenvalue weighted by atomic mass is 79.9. The van der Waals surface area contributed by atoms with E-state index in [0.29, 0.717) is 28.8 Å². The Hall–Kier alpha value is -2.34. The van der Waals surface area contributed by atoms with Gasteiger partial charge >= 0.3 is 6.18 Å². The molecule has 6 heteroatoms. The van der Waals surface area contributed by atoms with Gasteiger partial charge < -0.3 is 4.74 Å². The highest BCUT2D eigenvalue weighted by Gasteiger charge is 2.46. The second kappa shape index (κ2) is 9.44. The van der Waals surface area contributed by atoms with Crippen molar-refractivity contribution in [3.05, 3.63) is 101 Å². The summed E-state index contributed by atoms with van der Waals surface area (Å²) in [6.07, 6.45) is -4.52. The Morgan fingerprint density at radius 1 is 0.759 bits per heavy atom. The molecule has 0 aliphatic rings. The van der Waals surface area contributed by atoms with Crippen molar-refractivity contribution in [3.63, 3.8) is 0 Å². The molecule has 3 aromatic rings. The number of hydrogen-bond acceptors (Lipinski definition) is 1. The lowest BCUT2D eigenvalue weighted by Gasteiger charge is -2.30. The minimum absolute atomic E-state index is 0.0207. The van der Waals surface area contributed by atoms with E-state index in [2.05, 4.69) is 15.9 Å². The van der Waals surface area contributed by atoms with Crippen molar-refractivity contribution in [2.45, 2.75) is 18.0 Å². The normalized spacial score (nSPS) is 13.7. The van der Waals surface area contributed by atoms with Gasteiger partial charge in [0.05, 0.1) is 12.5 Å². The van der Waals surface area contributed by atoms with E-state index >= 15 is 0 Å². The third-order valence-electron chi connectivity index (χ3n) is 4.66. The Labute approximate surface area is 175 Å². The zero-order valence-corrected chi connectivity index (χ0v) is 17.0. The van der Waals surface area contributed by atoms with E-state index in [1.165, 1.54) is 12.1 Å². The molecular formula is C23H19BrF4O. The van der Waals surface area contributed by atoms with Crippen LogP contribution in [0.2, 0.25) is 0 Å². The number of rotatable bonds is 7. The monoisotopic (exact) mass is 466 g/mol. The molecular weight excluding hydrogens is 448 g/mol. The summed E-state index contributed by atoms with van der Waals surface area (Å²) in [6, 6.07) is 19.8. The van der Waals surface area contributed by atoms with Crippen molar-refractivity contribution >= 4 is 15.9 Å². The molecule has 0 N–H and O–H groups in total. The molecule has 0 saturated heterocycles. The Bertz CT molecular complexity index is 893.